The predicted octanol–water partition coefficient (Wildman–Crippen LogP) is 4.94. The van der Waals surface area contributed by atoms with E-state index in [0.29, 0.717) is 5.82 Å². The second kappa shape index (κ2) is 9.17. The molecule has 180 valence electrons. The van der Waals surface area contributed by atoms with Crippen molar-refractivity contribution >= 4 is 32.8 Å². The zero-order valence-corrected chi connectivity index (χ0v) is 21.2. The molecule has 8 heteroatoms. The summed E-state index contributed by atoms with van der Waals surface area (Å²) in [5.74, 6) is 1.41. The molecule has 4 heterocycles. The number of thiophene rings is 1. The molecule has 3 aromatic heterocycles. The van der Waals surface area contributed by atoms with Crippen molar-refractivity contribution in [2.45, 2.75) is 45.6 Å². The lowest BCUT2D eigenvalue weighted by Crippen LogP contribution is -2.49. The summed E-state index contributed by atoms with van der Waals surface area (Å²) in [5, 5.41) is 5.75. The molecule has 7 nitrogen and oxygen atoms in total. The van der Waals surface area contributed by atoms with E-state index in [1.807, 2.05) is 4.52 Å². The van der Waals surface area contributed by atoms with Crippen LogP contribution in [0.4, 0.5) is 5.82 Å². The highest BCUT2D eigenvalue weighted by Gasteiger charge is 2.28. The monoisotopic (exact) mass is 479 g/mol. The van der Waals surface area contributed by atoms with E-state index < -0.39 is 0 Å². The molecule has 1 aliphatic rings. The summed E-state index contributed by atoms with van der Waals surface area (Å²) in [6.45, 7) is 10.4. The number of aryl methyl sites for hydroxylation is 2. The van der Waals surface area contributed by atoms with Gasteiger partial charge in [-0.05, 0) is 69.2 Å². The second-order valence-electron chi connectivity index (χ2n) is 9.72. The Balaban J connectivity index is 1.46. The molecule has 1 aromatic carbocycles. The van der Waals surface area contributed by atoms with Crippen LogP contribution >= 0.6 is 11.3 Å². The van der Waals surface area contributed by atoms with Gasteiger partial charge in [0.15, 0.2) is 5.82 Å². The molecule has 34 heavy (non-hydrogen) atoms. The van der Waals surface area contributed by atoms with Gasteiger partial charge in [0, 0.05) is 34.8 Å². The topological polar surface area (TPSA) is 77.9 Å². The summed E-state index contributed by atoms with van der Waals surface area (Å²) < 4.78 is 14.3. The van der Waals surface area contributed by atoms with E-state index in [1.165, 1.54) is 10.9 Å². The van der Waals surface area contributed by atoms with Crippen molar-refractivity contribution in [1.29, 1.82) is 0 Å². The van der Waals surface area contributed by atoms with Crippen LogP contribution in [0.25, 0.3) is 26.0 Å². The van der Waals surface area contributed by atoms with E-state index in [9.17, 15) is 0 Å². The predicted molar refractivity (Wildman–Crippen MR) is 139 cm³/mol. The molecule has 5 rings (SSSR count). The van der Waals surface area contributed by atoms with E-state index >= 15 is 0 Å². The Bertz CT molecular complexity index is 1320. The first-order valence-electron chi connectivity index (χ1n) is 11.9. The molecule has 2 N–H and O–H groups in total. The standard InChI is InChI=1S/C26H33N5O2S/c1-17-12-18-14-22(34-24(18)21(13-17)32-4)20-15-19(31-23(20)25(27)28-16-29-31)6-5-7-26(2,3)30-8-10-33-11-9-30/h12-16H,5-11H2,1-4H3,(H2,27,28,29). The second-order valence-corrected chi connectivity index (χ2v) is 10.8. The van der Waals surface area contributed by atoms with Gasteiger partial charge in [-0.15, -0.1) is 11.3 Å². The first kappa shape index (κ1) is 23.1. The molecule has 0 bridgehead atoms. The van der Waals surface area contributed by atoms with Gasteiger partial charge in [-0.3, -0.25) is 4.90 Å². The van der Waals surface area contributed by atoms with Crippen molar-refractivity contribution in [3.63, 3.8) is 0 Å². The maximum absolute atomic E-state index is 6.37. The molecule has 4 aromatic rings. The summed E-state index contributed by atoms with van der Waals surface area (Å²) in [6.07, 6.45) is 4.65. The van der Waals surface area contributed by atoms with Crippen molar-refractivity contribution in [2.24, 2.45) is 0 Å². The van der Waals surface area contributed by atoms with Crippen LogP contribution in [-0.4, -0.2) is 58.4 Å². The van der Waals surface area contributed by atoms with Crippen LogP contribution in [-0.2, 0) is 11.2 Å². The fourth-order valence-corrected chi connectivity index (χ4v) is 6.23. The Kier molecular flexibility index (Phi) is 6.22. The normalized spacial score (nSPS) is 15.4. The third-order valence-corrected chi connectivity index (χ3v) is 8.16. The number of rotatable bonds is 7. The van der Waals surface area contributed by atoms with Crippen LogP contribution in [0.1, 0.15) is 37.9 Å². The number of anilines is 1. The molecule has 1 saturated heterocycles. The molecule has 0 spiro atoms. The zero-order chi connectivity index (χ0) is 23.9. The smallest absolute Gasteiger partial charge is 0.152 e. The number of morpholine rings is 1. The van der Waals surface area contributed by atoms with Gasteiger partial charge in [-0.2, -0.15) is 5.10 Å². The Morgan fingerprint density at radius 2 is 1.97 bits per heavy atom. The molecular weight excluding hydrogens is 446 g/mol. The highest BCUT2D eigenvalue weighted by Crippen LogP contribution is 2.42. The minimum absolute atomic E-state index is 0.146. The number of aromatic nitrogens is 3. The van der Waals surface area contributed by atoms with Gasteiger partial charge in [0.2, 0.25) is 0 Å². The number of benzene rings is 1. The van der Waals surface area contributed by atoms with E-state index in [-0.39, 0.29) is 5.54 Å². The van der Waals surface area contributed by atoms with E-state index in [2.05, 4.69) is 60.0 Å². The maximum Gasteiger partial charge on any atom is 0.152 e. The molecule has 0 radical (unpaired) electrons. The molecule has 1 aliphatic heterocycles. The third kappa shape index (κ3) is 4.26. The SMILES string of the molecule is COc1cc(C)cc2cc(-c3cc(CCCC(C)(C)N4CCOCC4)n4ncnc(N)c34)sc12. The number of nitrogens with two attached hydrogens (primary N) is 1. The Morgan fingerprint density at radius 1 is 1.18 bits per heavy atom. The van der Waals surface area contributed by atoms with Gasteiger partial charge in [0.05, 0.1) is 25.0 Å². The first-order chi connectivity index (χ1) is 16.4. The van der Waals surface area contributed by atoms with Gasteiger partial charge < -0.3 is 15.2 Å². The fourth-order valence-electron chi connectivity index (χ4n) is 5.08. The number of nitrogens with zero attached hydrogens (tertiary/aromatic N) is 4. The van der Waals surface area contributed by atoms with Crippen LogP contribution in [0.15, 0.2) is 30.6 Å². The Hall–Kier alpha value is -2.68. The van der Waals surface area contributed by atoms with Crippen molar-refractivity contribution in [3.05, 3.63) is 41.9 Å². The summed E-state index contributed by atoms with van der Waals surface area (Å²) in [6, 6.07) is 8.75. The largest absolute Gasteiger partial charge is 0.495 e. The van der Waals surface area contributed by atoms with Crippen LogP contribution in [0.2, 0.25) is 0 Å². The molecule has 1 fully saturated rings. The fraction of sp³-hybridized carbons (Fsp3) is 0.462. The summed E-state index contributed by atoms with van der Waals surface area (Å²) in [7, 11) is 1.73. The van der Waals surface area contributed by atoms with Crippen molar-refractivity contribution in [2.75, 3.05) is 39.1 Å². The van der Waals surface area contributed by atoms with Gasteiger partial charge in [-0.25, -0.2) is 9.50 Å². The Labute approximate surface area is 204 Å². The summed E-state index contributed by atoms with van der Waals surface area (Å²) >= 11 is 1.73. The average Bonchev–Trinajstić information content (AvgIpc) is 3.41. The van der Waals surface area contributed by atoms with Gasteiger partial charge in [0.1, 0.15) is 17.6 Å². The van der Waals surface area contributed by atoms with Crippen molar-refractivity contribution < 1.29 is 9.47 Å². The summed E-state index contributed by atoms with van der Waals surface area (Å²) in [4.78, 5) is 7.99. The lowest BCUT2D eigenvalue weighted by Gasteiger charge is -2.41. The molecule has 0 saturated carbocycles. The molecular formula is C26H33N5O2S. The minimum atomic E-state index is 0.146. The molecule has 0 aliphatic carbocycles. The molecule has 0 amide bonds. The third-order valence-electron chi connectivity index (χ3n) is 6.96. The number of ether oxygens (including phenoxy) is 2. The highest BCUT2D eigenvalue weighted by molar-refractivity contribution is 7.22. The summed E-state index contributed by atoms with van der Waals surface area (Å²) in [5.41, 5.74) is 10.8. The van der Waals surface area contributed by atoms with Gasteiger partial charge in [0.25, 0.3) is 0 Å². The van der Waals surface area contributed by atoms with Crippen molar-refractivity contribution in [1.82, 2.24) is 19.5 Å². The highest BCUT2D eigenvalue weighted by atomic mass is 32.1. The van der Waals surface area contributed by atoms with Gasteiger partial charge in [-0.1, -0.05) is 6.07 Å². The van der Waals surface area contributed by atoms with Crippen LogP contribution in [0.3, 0.4) is 0 Å². The number of hydrogen-bond donors (Lipinski definition) is 1. The average molecular weight is 480 g/mol. The lowest BCUT2D eigenvalue weighted by molar-refractivity contribution is -0.0133. The zero-order valence-electron chi connectivity index (χ0n) is 20.4. The number of methoxy groups -OCH3 is 1. The number of fused-ring (bicyclic) bond motifs is 2. The minimum Gasteiger partial charge on any atom is -0.495 e. The number of nitrogen functional groups attached to an aromatic ring is 1. The van der Waals surface area contributed by atoms with E-state index in [0.717, 1.165) is 77.7 Å². The van der Waals surface area contributed by atoms with Crippen LogP contribution in [0, 0.1) is 6.92 Å². The maximum atomic E-state index is 6.37. The quantitative estimate of drug-likeness (QED) is 0.404. The van der Waals surface area contributed by atoms with Crippen LogP contribution < -0.4 is 10.5 Å². The van der Waals surface area contributed by atoms with E-state index in [1.54, 1.807) is 24.8 Å². The van der Waals surface area contributed by atoms with Gasteiger partial charge >= 0.3 is 0 Å². The number of hydrogen-bond acceptors (Lipinski definition) is 7. The van der Waals surface area contributed by atoms with Crippen molar-refractivity contribution in [3.8, 4) is 16.2 Å². The molecule has 0 unspecified atom stereocenters. The van der Waals surface area contributed by atoms with E-state index in [4.69, 9.17) is 15.2 Å². The first-order valence-corrected chi connectivity index (χ1v) is 12.7. The lowest BCUT2D eigenvalue weighted by atomic mass is 9.94. The molecule has 0 atom stereocenters. The van der Waals surface area contributed by atoms with Crippen LogP contribution in [0.5, 0.6) is 5.75 Å². The Morgan fingerprint density at radius 3 is 2.74 bits per heavy atom.